The number of carbonyl (C=O) groups is 1. The van der Waals surface area contributed by atoms with Gasteiger partial charge in [0.05, 0.1) is 17.7 Å². The Morgan fingerprint density at radius 3 is 2.52 bits per heavy atom. The normalized spacial score (nSPS) is 15.4. The highest BCUT2D eigenvalue weighted by Crippen LogP contribution is 2.32. The molecule has 0 aliphatic carbocycles. The number of piperidine rings is 1. The fraction of sp³-hybridized carbons (Fsp3) is 0.471. The van der Waals surface area contributed by atoms with Crippen LogP contribution in [0, 0.1) is 0 Å². The number of methoxy groups -OCH3 is 1. The van der Waals surface area contributed by atoms with Crippen LogP contribution >= 0.6 is 11.3 Å². The van der Waals surface area contributed by atoms with Gasteiger partial charge in [-0.25, -0.2) is 8.42 Å². The molecule has 1 saturated heterocycles. The zero-order valence-corrected chi connectivity index (χ0v) is 19.4. The van der Waals surface area contributed by atoms with Gasteiger partial charge in [0.1, 0.15) is 5.75 Å². The molecule has 3 rings (SSSR count). The highest BCUT2D eigenvalue weighted by Gasteiger charge is 2.28. The molecule has 2 N–H and O–H groups in total. The number of benzene rings is 1. The number of amides is 1. The van der Waals surface area contributed by atoms with Crippen molar-refractivity contribution in [3.05, 3.63) is 18.2 Å². The van der Waals surface area contributed by atoms with Crippen molar-refractivity contribution in [2.75, 3.05) is 30.2 Å². The molecule has 2 aromatic rings. The summed E-state index contributed by atoms with van der Waals surface area (Å²) in [6.07, 6.45) is 2.74. The topological polar surface area (TPSA) is 148 Å². The van der Waals surface area contributed by atoms with Crippen LogP contribution in [0.3, 0.4) is 0 Å². The van der Waals surface area contributed by atoms with Gasteiger partial charge >= 0.3 is 0 Å². The summed E-state index contributed by atoms with van der Waals surface area (Å²) in [6, 6.07) is 3.99. The molecular weight excluding hydrogens is 466 g/mol. The smallest absolute Gasteiger partial charge is 0.291 e. The molecule has 170 valence electrons. The van der Waals surface area contributed by atoms with Crippen LogP contribution in [0.5, 0.6) is 5.75 Å². The minimum Gasteiger partial charge on any atom is -0.495 e. The average molecular weight is 490 g/mol. The van der Waals surface area contributed by atoms with Crippen molar-refractivity contribution in [1.29, 1.82) is 0 Å². The van der Waals surface area contributed by atoms with Gasteiger partial charge in [0, 0.05) is 19.5 Å². The maximum Gasteiger partial charge on any atom is 0.291 e. The van der Waals surface area contributed by atoms with E-state index >= 15 is 0 Å². The summed E-state index contributed by atoms with van der Waals surface area (Å²) >= 11 is 0.677. The van der Waals surface area contributed by atoms with Crippen LogP contribution in [0.4, 0.5) is 10.8 Å². The Kier molecular flexibility index (Phi) is 7.13. The molecule has 0 bridgehead atoms. The molecule has 0 saturated carbocycles. The fourth-order valence-electron chi connectivity index (χ4n) is 2.95. The molecule has 11 nitrogen and oxygen atoms in total. The van der Waals surface area contributed by atoms with Crippen LogP contribution in [-0.4, -0.2) is 57.4 Å². The van der Waals surface area contributed by atoms with Crippen molar-refractivity contribution in [2.45, 2.75) is 41.8 Å². The standard InChI is InChI=1S/C17H23N5O6S3/c1-3-15(23)18-16-19-20-17(29-16)30(24,25)21-13-11-12(7-8-14(13)28-2)31(26,27)22-9-5-4-6-10-22/h7-8,11,21H,3-6,9-10H2,1-2H3,(H,18,19,23). The number of ether oxygens (including phenoxy) is 1. The Bertz CT molecular complexity index is 1160. The fourth-order valence-corrected chi connectivity index (χ4v) is 6.47. The summed E-state index contributed by atoms with van der Waals surface area (Å²) in [7, 11) is -6.63. The largest absolute Gasteiger partial charge is 0.495 e. The molecule has 0 unspecified atom stereocenters. The predicted molar refractivity (Wildman–Crippen MR) is 115 cm³/mol. The van der Waals surface area contributed by atoms with Gasteiger partial charge in [-0.05, 0) is 31.0 Å². The van der Waals surface area contributed by atoms with Crippen molar-refractivity contribution in [3.8, 4) is 5.75 Å². The molecule has 1 fully saturated rings. The van der Waals surface area contributed by atoms with Gasteiger partial charge in [-0.3, -0.25) is 9.52 Å². The molecule has 0 atom stereocenters. The Hall–Kier alpha value is -2.29. The van der Waals surface area contributed by atoms with Gasteiger partial charge in [-0.15, -0.1) is 10.2 Å². The van der Waals surface area contributed by atoms with Crippen molar-refractivity contribution < 1.29 is 26.4 Å². The number of sulfonamides is 2. The Morgan fingerprint density at radius 1 is 1.16 bits per heavy atom. The first-order valence-corrected chi connectivity index (χ1v) is 13.3. The quantitative estimate of drug-likeness (QED) is 0.534. The number of hydrogen-bond acceptors (Lipinski definition) is 9. The number of nitrogens with one attached hydrogen (secondary N) is 2. The van der Waals surface area contributed by atoms with Crippen LogP contribution < -0.4 is 14.8 Å². The number of aromatic nitrogens is 2. The molecular formula is C17H23N5O6S3. The van der Waals surface area contributed by atoms with Gasteiger partial charge < -0.3 is 10.1 Å². The van der Waals surface area contributed by atoms with E-state index in [-0.39, 0.29) is 38.1 Å². The van der Waals surface area contributed by atoms with Gasteiger partial charge in [0.15, 0.2) is 0 Å². The first-order valence-electron chi connectivity index (χ1n) is 9.51. The summed E-state index contributed by atoms with van der Waals surface area (Å²) in [5.74, 6) is -0.185. The SMILES string of the molecule is CCC(=O)Nc1nnc(S(=O)(=O)Nc2cc(S(=O)(=O)N3CCCCC3)ccc2OC)s1. The van der Waals surface area contributed by atoms with E-state index in [2.05, 4.69) is 20.2 Å². The van der Waals surface area contributed by atoms with Gasteiger partial charge in [0.25, 0.3) is 14.4 Å². The van der Waals surface area contributed by atoms with Crippen LogP contribution in [0.25, 0.3) is 0 Å². The van der Waals surface area contributed by atoms with Crippen LogP contribution in [-0.2, 0) is 24.8 Å². The Balaban J connectivity index is 1.89. The van der Waals surface area contributed by atoms with E-state index in [0.29, 0.717) is 24.4 Å². The van der Waals surface area contributed by atoms with Crippen molar-refractivity contribution in [1.82, 2.24) is 14.5 Å². The molecule has 1 amide bonds. The zero-order chi connectivity index (χ0) is 22.6. The summed E-state index contributed by atoms with van der Waals surface area (Å²) in [4.78, 5) is 11.4. The lowest BCUT2D eigenvalue weighted by molar-refractivity contribution is -0.115. The third kappa shape index (κ3) is 5.31. The second-order valence-corrected chi connectivity index (χ2v) is 11.5. The number of carbonyl (C=O) groups excluding carboxylic acids is 1. The van der Waals surface area contributed by atoms with E-state index in [4.69, 9.17) is 4.74 Å². The average Bonchev–Trinajstić information content (AvgIpc) is 3.23. The Morgan fingerprint density at radius 2 is 1.87 bits per heavy atom. The van der Waals surface area contributed by atoms with E-state index in [9.17, 15) is 21.6 Å². The van der Waals surface area contributed by atoms with Gasteiger partial charge in [-0.1, -0.05) is 24.7 Å². The molecule has 0 radical (unpaired) electrons. The number of rotatable bonds is 8. The Labute approximate surface area is 184 Å². The van der Waals surface area contributed by atoms with Crippen LogP contribution in [0.1, 0.15) is 32.6 Å². The van der Waals surface area contributed by atoms with Crippen molar-refractivity contribution >= 4 is 48.1 Å². The number of anilines is 2. The second-order valence-electron chi connectivity index (χ2n) is 6.71. The molecule has 1 aliphatic heterocycles. The van der Waals surface area contributed by atoms with E-state index in [1.54, 1.807) is 6.92 Å². The predicted octanol–water partition coefficient (Wildman–Crippen LogP) is 1.87. The van der Waals surface area contributed by atoms with Crippen molar-refractivity contribution in [2.24, 2.45) is 0 Å². The summed E-state index contributed by atoms with van der Waals surface area (Å²) < 4.78 is 60.0. The van der Waals surface area contributed by atoms with E-state index in [1.165, 1.54) is 29.6 Å². The van der Waals surface area contributed by atoms with E-state index in [1.807, 2.05) is 0 Å². The third-order valence-corrected chi connectivity index (χ3v) is 9.04. The number of nitrogens with zero attached hydrogens (tertiary/aromatic N) is 3. The number of hydrogen-bond donors (Lipinski definition) is 2. The summed E-state index contributed by atoms with van der Waals surface area (Å²) in [5, 5.41) is 9.75. The minimum absolute atomic E-state index is 0.0407. The maximum absolute atomic E-state index is 13.0. The lowest BCUT2D eigenvalue weighted by atomic mass is 10.2. The molecule has 31 heavy (non-hydrogen) atoms. The molecule has 1 aliphatic rings. The van der Waals surface area contributed by atoms with Gasteiger partial charge in [-0.2, -0.15) is 12.7 Å². The lowest BCUT2D eigenvalue weighted by Crippen LogP contribution is -2.35. The second kappa shape index (κ2) is 9.46. The van der Waals surface area contributed by atoms with E-state index in [0.717, 1.165) is 19.3 Å². The molecule has 2 heterocycles. The first-order chi connectivity index (χ1) is 14.7. The molecule has 1 aromatic heterocycles. The summed E-state index contributed by atoms with van der Waals surface area (Å²) in [5.41, 5.74) is -0.0464. The van der Waals surface area contributed by atoms with Crippen LogP contribution in [0.2, 0.25) is 0 Å². The zero-order valence-electron chi connectivity index (χ0n) is 17.0. The summed E-state index contributed by atoms with van der Waals surface area (Å²) in [6.45, 7) is 2.49. The molecule has 1 aromatic carbocycles. The highest BCUT2D eigenvalue weighted by molar-refractivity contribution is 7.94. The molecule has 0 spiro atoms. The maximum atomic E-state index is 13.0. The minimum atomic E-state index is -4.20. The van der Waals surface area contributed by atoms with Crippen LogP contribution in [0.15, 0.2) is 27.4 Å². The molecule has 14 heteroatoms. The van der Waals surface area contributed by atoms with E-state index < -0.39 is 20.0 Å². The van der Waals surface area contributed by atoms with Gasteiger partial charge in [0.2, 0.25) is 21.1 Å². The third-order valence-electron chi connectivity index (χ3n) is 4.57. The van der Waals surface area contributed by atoms with Crippen molar-refractivity contribution in [3.63, 3.8) is 0 Å². The lowest BCUT2D eigenvalue weighted by Gasteiger charge is -2.26. The first kappa shape index (κ1) is 23.4. The monoisotopic (exact) mass is 489 g/mol. The highest BCUT2D eigenvalue weighted by atomic mass is 32.2.